The number of benzene rings is 1. The number of nitrogens with zero attached hydrogens (tertiary/aromatic N) is 2. The number of non-ortho nitro benzene ring substituents is 1. The Bertz CT molecular complexity index is 744. The standard InChI is InChI=1S/C15H16F3N3O5.ClH/c1-8-4-9(21(25)26)2-3-12(8)19-13(22)7-20-5-10(14(23)24)11(6-20)15(16,17)18;/h2-4,10-11H,5-7H2,1H3,(H,19,22)(H,23,24);1H/t10-,11-;/m1./s1. The van der Waals surface area contributed by atoms with Crippen LogP contribution < -0.4 is 5.32 Å². The van der Waals surface area contributed by atoms with Crippen LogP contribution in [0.4, 0.5) is 24.5 Å². The molecule has 2 atom stereocenters. The fraction of sp³-hybridized carbons (Fsp3) is 0.467. The number of aliphatic carboxylic acids is 1. The highest BCUT2D eigenvalue weighted by Crippen LogP contribution is 2.37. The highest BCUT2D eigenvalue weighted by atomic mass is 35.5. The number of alkyl halides is 3. The van der Waals surface area contributed by atoms with E-state index in [1.54, 1.807) is 6.92 Å². The molecule has 12 heteroatoms. The molecule has 1 aliphatic rings. The number of nitro benzene ring substituents is 1. The molecule has 0 aliphatic carbocycles. The Balaban J connectivity index is 0.00000364. The first-order valence-corrected chi connectivity index (χ1v) is 7.56. The minimum atomic E-state index is -4.66. The molecular formula is C15H17ClF3N3O5. The largest absolute Gasteiger partial charge is 0.481 e. The van der Waals surface area contributed by atoms with Gasteiger partial charge < -0.3 is 10.4 Å². The molecule has 0 bridgehead atoms. The third kappa shape index (κ3) is 5.54. The fourth-order valence-electron chi connectivity index (χ4n) is 2.89. The Morgan fingerprint density at radius 3 is 2.44 bits per heavy atom. The second-order valence-electron chi connectivity index (χ2n) is 6.09. The summed E-state index contributed by atoms with van der Waals surface area (Å²) in [6, 6.07) is 3.78. The summed E-state index contributed by atoms with van der Waals surface area (Å²) in [5, 5.41) is 22.1. The maximum absolute atomic E-state index is 12.9. The van der Waals surface area contributed by atoms with Gasteiger partial charge in [-0.05, 0) is 18.6 Å². The van der Waals surface area contributed by atoms with Crippen LogP contribution in [0.5, 0.6) is 0 Å². The normalized spacial score (nSPS) is 20.0. The van der Waals surface area contributed by atoms with E-state index in [2.05, 4.69) is 5.32 Å². The molecule has 1 heterocycles. The molecule has 0 unspecified atom stereocenters. The topological polar surface area (TPSA) is 113 Å². The third-order valence-corrected chi connectivity index (χ3v) is 4.20. The molecule has 1 saturated heterocycles. The van der Waals surface area contributed by atoms with Crippen LogP contribution in [0.3, 0.4) is 0 Å². The SMILES string of the molecule is Cc1cc([N+](=O)[O-])ccc1NC(=O)CN1C[C@@H](C(F)(F)F)[C@H](C(=O)O)C1.Cl. The van der Waals surface area contributed by atoms with E-state index in [4.69, 9.17) is 5.11 Å². The molecule has 27 heavy (non-hydrogen) atoms. The molecule has 0 spiro atoms. The Kier molecular flexibility index (Phi) is 7.15. The molecule has 1 fully saturated rings. The van der Waals surface area contributed by atoms with Crippen molar-refractivity contribution < 1.29 is 32.8 Å². The first kappa shape index (κ1) is 22.6. The van der Waals surface area contributed by atoms with Gasteiger partial charge in [-0.2, -0.15) is 13.2 Å². The van der Waals surface area contributed by atoms with Gasteiger partial charge in [-0.15, -0.1) is 12.4 Å². The summed E-state index contributed by atoms with van der Waals surface area (Å²) >= 11 is 0. The van der Waals surface area contributed by atoms with E-state index in [0.717, 1.165) is 4.90 Å². The number of amides is 1. The maximum atomic E-state index is 12.9. The quantitative estimate of drug-likeness (QED) is 0.568. The molecule has 0 aromatic heterocycles. The zero-order chi connectivity index (χ0) is 19.6. The number of likely N-dealkylation sites (tertiary alicyclic amines) is 1. The zero-order valence-corrected chi connectivity index (χ0v) is 14.8. The van der Waals surface area contributed by atoms with Crippen LogP contribution >= 0.6 is 12.4 Å². The van der Waals surface area contributed by atoms with E-state index in [9.17, 15) is 32.9 Å². The average Bonchev–Trinajstić information content (AvgIpc) is 2.93. The molecule has 1 aromatic rings. The molecule has 1 amide bonds. The number of hydrogen-bond donors (Lipinski definition) is 2. The molecule has 1 aromatic carbocycles. The molecule has 2 N–H and O–H groups in total. The van der Waals surface area contributed by atoms with Gasteiger partial charge in [0.25, 0.3) is 5.69 Å². The lowest BCUT2D eigenvalue weighted by atomic mass is 9.96. The Morgan fingerprint density at radius 2 is 2.00 bits per heavy atom. The number of rotatable bonds is 5. The van der Waals surface area contributed by atoms with Gasteiger partial charge in [0.2, 0.25) is 5.91 Å². The van der Waals surface area contributed by atoms with E-state index < -0.39 is 47.9 Å². The third-order valence-electron chi connectivity index (χ3n) is 4.20. The summed E-state index contributed by atoms with van der Waals surface area (Å²) in [7, 11) is 0. The smallest absolute Gasteiger partial charge is 0.393 e. The molecule has 0 saturated carbocycles. The van der Waals surface area contributed by atoms with Crippen molar-refractivity contribution in [3.05, 3.63) is 33.9 Å². The van der Waals surface area contributed by atoms with Crippen LogP contribution in [-0.2, 0) is 9.59 Å². The van der Waals surface area contributed by atoms with E-state index in [1.165, 1.54) is 18.2 Å². The second-order valence-corrected chi connectivity index (χ2v) is 6.09. The van der Waals surface area contributed by atoms with Crippen LogP contribution in [0.25, 0.3) is 0 Å². The van der Waals surface area contributed by atoms with Crippen molar-refractivity contribution in [3.63, 3.8) is 0 Å². The molecular weight excluding hydrogens is 395 g/mol. The van der Waals surface area contributed by atoms with Gasteiger partial charge in [-0.3, -0.25) is 24.6 Å². The Hall–Kier alpha value is -2.40. The van der Waals surface area contributed by atoms with Crippen molar-refractivity contribution in [3.8, 4) is 0 Å². The summed E-state index contributed by atoms with van der Waals surface area (Å²) < 4.78 is 38.8. The van der Waals surface area contributed by atoms with E-state index in [-0.39, 0.29) is 24.6 Å². The van der Waals surface area contributed by atoms with Gasteiger partial charge in [0, 0.05) is 30.9 Å². The fourth-order valence-corrected chi connectivity index (χ4v) is 2.89. The second kappa shape index (κ2) is 8.53. The summed E-state index contributed by atoms with van der Waals surface area (Å²) in [5.74, 6) is -5.84. The first-order valence-electron chi connectivity index (χ1n) is 7.56. The summed E-state index contributed by atoms with van der Waals surface area (Å²) in [5.41, 5.74) is 0.560. The lowest BCUT2D eigenvalue weighted by Gasteiger charge is -2.18. The van der Waals surface area contributed by atoms with Crippen molar-refractivity contribution in [1.29, 1.82) is 0 Å². The van der Waals surface area contributed by atoms with Gasteiger partial charge in [-0.1, -0.05) is 0 Å². The van der Waals surface area contributed by atoms with Crippen molar-refractivity contribution in [2.45, 2.75) is 13.1 Å². The van der Waals surface area contributed by atoms with Crippen LogP contribution in [0, 0.1) is 28.9 Å². The van der Waals surface area contributed by atoms with E-state index >= 15 is 0 Å². The Labute approximate surface area is 157 Å². The van der Waals surface area contributed by atoms with E-state index in [0.29, 0.717) is 11.3 Å². The summed E-state index contributed by atoms with van der Waals surface area (Å²) in [6.07, 6.45) is -4.66. The molecule has 150 valence electrons. The number of carboxylic acids is 1. The number of nitrogens with one attached hydrogen (secondary N) is 1. The maximum Gasteiger partial charge on any atom is 0.393 e. The van der Waals surface area contributed by atoms with Crippen LogP contribution in [0.2, 0.25) is 0 Å². The first-order chi connectivity index (χ1) is 12.0. The van der Waals surface area contributed by atoms with Crippen molar-refractivity contribution in [1.82, 2.24) is 4.90 Å². The van der Waals surface area contributed by atoms with Gasteiger partial charge in [0.05, 0.1) is 23.3 Å². The van der Waals surface area contributed by atoms with Crippen molar-refractivity contribution in [2.75, 3.05) is 25.0 Å². The van der Waals surface area contributed by atoms with Crippen molar-refractivity contribution in [2.24, 2.45) is 11.8 Å². The van der Waals surface area contributed by atoms with Gasteiger partial charge in [0.15, 0.2) is 0 Å². The molecule has 8 nitrogen and oxygen atoms in total. The van der Waals surface area contributed by atoms with Crippen LogP contribution in [-0.4, -0.2) is 52.6 Å². The van der Waals surface area contributed by atoms with Crippen molar-refractivity contribution >= 4 is 35.7 Å². The zero-order valence-electron chi connectivity index (χ0n) is 14.0. The van der Waals surface area contributed by atoms with Gasteiger partial charge >= 0.3 is 12.1 Å². The number of aryl methyl sites for hydroxylation is 1. The average molecular weight is 412 g/mol. The van der Waals surface area contributed by atoms with Crippen LogP contribution in [0.1, 0.15) is 5.56 Å². The monoisotopic (exact) mass is 411 g/mol. The van der Waals surface area contributed by atoms with Gasteiger partial charge in [0.1, 0.15) is 0 Å². The number of hydrogen-bond acceptors (Lipinski definition) is 5. The van der Waals surface area contributed by atoms with Gasteiger partial charge in [-0.25, -0.2) is 0 Å². The number of anilines is 1. The number of halogens is 4. The summed E-state index contributed by atoms with van der Waals surface area (Å²) in [6.45, 7) is 0.171. The lowest BCUT2D eigenvalue weighted by molar-refractivity contribution is -0.384. The lowest BCUT2D eigenvalue weighted by Crippen LogP contribution is -2.34. The highest BCUT2D eigenvalue weighted by molar-refractivity contribution is 5.93. The van der Waals surface area contributed by atoms with Crippen LogP contribution in [0.15, 0.2) is 18.2 Å². The minimum Gasteiger partial charge on any atom is -0.481 e. The summed E-state index contributed by atoms with van der Waals surface area (Å²) in [4.78, 5) is 34.3. The molecule has 2 rings (SSSR count). The number of carbonyl (C=O) groups excluding carboxylic acids is 1. The Morgan fingerprint density at radius 1 is 1.37 bits per heavy atom. The number of nitro groups is 1. The number of carbonyl (C=O) groups is 2. The predicted molar refractivity (Wildman–Crippen MR) is 90.8 cm³/mol. The van der Waals surface area contributed by atoms with E-state index in [1.807, 2.05) is 0 Å². The molecule has 0 radical (unpaired) electrons. The molecule has 1 aliphatic heterocycles. The predicted octanol–water partition coefficient (Wildman–Crippen LogP) is 2.46. The number of carboxylic acid groups (broad SMARTS) is 1. The highest BCUT2D eigenvalue weighted by Gasteiger charge is 2.52. The minimum absolute atomic E-state index is 0.